The molecule has 7 nitrogen and oxygen atoms in total. The highest BCUT2D eigenvalue weighted by Crippen LogP contribution is 2.24. The van der Waals surface area contributed by atoms with Crippen molar-refractivity contribution >= 4 is 27.3 Å². The van der Waals surface area contributed by atoms with Crippen LogP contribution in [0.15, 0.2) is 59.2 Å². The number of pyridine rings is 2. The third kappa shape index (κ3) is 3.79. The Labute approximate surface area is 154 Å². The molecule has 3 rings (SSSR count). The molecule has 1 N–H and O–H groups in total. The molecule has 0 aliphatic carbocycles. The summed E-state index contributed by atoms with van der Waals surface area (Å²) in [5.74, 6) is -0.683. The summed E-state index contributed by atoms with van der Waals surface area (Å²) in [7, 11) is -2.67. The number of hydrogen-bond acceptors (Lipinski definition) is 7. The van der Waals surface area contributed by atoms with Crippen LogP contribution in [0.1, 0.15) is 15.2 Å². The van der Waals surface area contributed by atoms with Gasteiger partial charge in [-0.3, -0.25) is 9.97 Å². The van der Waals surface area contributed by atoms with Crippen LogP contribution in [0.3, 0.4) is 0 Å². The van der Waals surface area contributed by atoms with E-state index in [1.807, 2.05) is 6.07 Å². The van der Waals surface area contributed by atoms with Gasteiger partial charge in [0, 0.05) is 30.7 Å². The zero-order valence-electron chi connectivity index (χ0n) is 13.7. The van der Waals surface area contributed by atoms with Crippen molar-refractivity contribution in [3.05, 3.63) is 64.7 Å². The van der Waals surface area contributed by atoms with Crippen molar-refractivity contribution in [1.29, 1.82) is 0 Å². The number of rotatable bonds is 6. The highest BCUT2D eigenvalue weighted by Gasteiger charge is 2.24. The predicted molar refractivity (Wildman–Crippen MR) is 97.2 cm³/mol. The van der Waals surface area contributed by atoms with E-state index in [1.54, 1.807) is 36.8 Å². The van der Waals surface area contributed by atoms with E-state index in [9.17, 15) is 13.2 Å². The third-order valence-electron chi connectivity index (χ3n) is 3.57. The van der Waals surface area contributed by atoms with Gasteiger partial charge in [-0.25, -0.2) is 17.9 Å². The Morgan fingerprint density at radius 3 is 2.77 bits per heavy atom. The molecule has 0 amide bonds. The summed E-state index contributed by atoms with van der Waals surface area (Å²) < 4.78 is 32.4. The Hall–Kier alpha value is -2.62. The molecule has 0 spiro atoms. The fraction of sp³-hybridized carbons (Fsp3) is 0.118. The summed E-state index contributed by atoms with van der Waals surface area (Å²) in [5.41, 5.74) is 2.12. The Morgan fingerprint density at radius 2 is 2.04 bits per heavy atom. The number of ether oxygens (including phenoxy) is 1. The molecule has 0 aliphatic heterocycles. The molecule has 3 aromatic rings. The summed E-state index contributed by atoms with van der Waals surface area (Å²) in [6, 6.07) is 8.53. The van der Waals surface area contributed by atoms with Crippen LogP contribution in [0, 0.1) is 0 Å². The van der Waals surface area contributed by atoms with E-state index in [-0.39, 0.29) is 16.3 Å². The van der Waals surface area contributed by atoms with E-state index in [0.29, 0.717) is 11.3 Å². The summed E-state index contributed by atoms with van der Waals surface area (Å²) in [6.07, 6.45) is 4.95. The average molecular weight is 389 g/mol. The molecule has 134 valence electrons. The number of thiophene rings is 1. The van der Waals surface area contributed by atoms with E-state index >= 15 is 0 Å². The van der Waals surface area contributed by atoms with Gasteiger partial charge in [0.05, 0.1) is 12.8 Å². The Kier molecular flexibility index (Phi) is 5.40. The minimum Gasteiger partial charge on any atom is -0.465 e. The molecule has 0 radical (unpaired) electrons. The van der Waals surface area contributed by atoms with E-state index in [2.05, 4.69) is 19.4 Å². The number of sulfonamides is 1. The van der Waals surface area contributed by atoms with Gasteiger partial charge in [-0.15, -0.1) is 11.3 Å². The van der Waals surface area contributed by atoms with Crippen molar-refractivity contribution in [2.24, 2.45) is 0 Å². The van der Waals surface area contributed by atoms with Crippen molar-refractivity contribution in [3.63, 3.8) is 0 Å². The Bertz CT molecular complexity index is 1020. The van der Waals surface area contributed by atoms with Gasteiger partial charge in [-0.2, -0.15) is 0 Å². The maximum absolute atomic E-state index is 12.6. The maximum Gasteiger partial charge on any atom is 0.349 e. The van der Waals surface area contributed by atoms with Crippen molar-refractivity contribution in [1.82, 2.24) is 14.7 Å². The molecule has 26 heavy (non-hydrogen) atoms. The molecule has 0 aromatic carbocycles. The third-order valence-corrected chi connectivity index (χ3v) is 6.04. The van der Waals surface area contributed by atoms with E-state index < -0.39 is 16.0 Å². The monoisotopic (exact) mass is 389 g/mol. The molecule has 3 heterocycles. The molecule has 0 unspecified atom stereocenters. The quantitative estimate of drug-likeness (QED) is 0.651. The van der Waals surface area contributed by atoms with Crippen molar-refractivity contribution in [3.8, 4) is 11.3 Å². The first kappa shape index (κ1) is 18.2. The van der Waals surface area contributed by atoms with Crippen LogP contribution < -0.4 is 4.72 Å². The molecule has 9 heteroatoms. The molecule has 3 aromatic heterocycles. The van der Waals surface area contributed by atoms with Crippen molar-refractivity contribution in [2.75, 3.05) is 7.11 Å². The van der Waals surface area contributed by atoms with Crippen LogP contribution in [0.25, 0.3) is 11.3 Å². The normalized spacial score (nSPS) is 11.3. The molecule has 0 fully saturated rings. The summed E-state index contributed by atoms with van der Waals surface area (Å²) in [4.78, 5) is 20.1. The molecule has 0 atom stereocenters. The van der Waals surface area contributed by atoms with Gasteiger partial charge in [-0.05, 0) is 35.2 Å². The van der Waals surface area contributed by atoms with Crippen LogP contribution in [-0.2, 0) is 21.3 Å². The van der Waals surface area contributed by atoms with Crippen LogP contribution in [0.4, 0.5) is 0 Å². The number of carbonyl (C=O) groups excluding carboxylic acids is 1. The van der Waals surface area contributed by atoms with Gasteiger partial charge in [0.15, 0.2) is 0 Å². The lowest BCUT2D eigenvalue weighted by molar-refractivity contribution is 0.0602. The topological polar surface area (TPSA) is 98.2 Å². The van der Waals surface area contributed by atoms with Crippen LogP contribution in [-0.4, -0.2) is 31.5 Å². The van der Waals surface area contributed by atoms with Gasteiger partial charge >= 0.3 is 5.97 Å². The lowest BCUT2D eigenvalue weighted by Crippen LogP contribution is -2.25. The minimum atomic E-state index is -3.88. The molecule has 0 aliphatic rings. The minimum absolute atomic E-state index is 0.0247. The van der Waals surface area contributed by atoms with Crippen LogP contribution in [0.2, 0.25) is 0 Å². The first-order chi connectivity index (χ1) is 12.5. The number of carbonyl (C=O) groups is 1. The molecule has 0 saturated heterocycles. The van der Waals surface area contributed by atoms with Gasteiger partial charge in [0.25, 0.3) is 0 Å². The fourth-order valence-corrected chi connectivity index (χ4v) is 4.68. The number of aromatic nitrogens is 2. The van der Waals surface area contributed by atoms with Gasteiger partial charge < -0.3 is 4.74 Å². The Morgan fingerprint density at radius 1 is 1.23 bits per heavy atom. The number of esters is 1. The first-order valence-electron chi connectivity index (χ1n) is 7.52. The number of nitrogens with one attached hydrogen (secondary N) is 1. The van der Waals surface area contributed by atoms with Gasteiger partial charge in [0.2, 0.25) is 10.0 Å². The largest absolute Gasteiger partial charge is 0.465 e. The number of methoxy groups -OCH3 is 1. The average Bonchev–Trinajstić information content (AvgIpc) is 3.18. The number of hydrogen-bond donors (Lipinski definition) is 1. The second kappa shape index (κ2) is 7.73. The predicted octanol–water partition coefficient (Wildman–Crippen LogP) is 2.47. The van der Waals surface area contributed by atoms with E-state index in [4.69, 9.17) is 0 Å². The zero-order valence-corrected chi connectivity index (χ0v) is 15.4. The fourth-order valence-electron chi connectivity index (χ4n) is 2.35. The van der Waals surface area contributed by atoms with Crippen molar-refractivity contribution < 1.29 is 17.9 Å². The second-order valence-electron chi connectivity index (χ2n) is 5.18. The lowest BCUT2D eigenvalue weighted by Gasteiger charge is -2.10. The molecular weight excluding hydrogens is 374 g/mol. The summed E-state index contributed by atoms with van der Waals surface area (Å²) in [5, 5.41) is 1.53. The van der Waals surface area contributed by atoms with Crippen LogP contribution in [0.5, 0.6) is 0 Å². The molecular formula is C17H15N3O4S2. The standard InChI is InChI=1S/C17H15N3O4S2/c1-24-17(21)16-14(6-9-25-16)26(22,23)20-11-13-5-3-8-19-15(13)12-4-2-7-18-10-12/h2-10,20H,11H2,1H3. The van der Waals surface area contributed by atoms with E-state index in [0.717, 1.165) is 16.9 Å². The Balaban J connectivity index is 1.86. The molecule has 0 saturated carbocycles. The first-order valence-corrected chi connectivity index (χ1v) is 9.89. The van der Waals surface area contributed by atoms with Crippen molar-refractivity contribution in [2.45, 2.75) is 11.4 Å². The van der Waals surface area contributed by atoms with Crippen LogP contribution >= 0.6 is 11.3 Å². The highest BCUT2D eigenvalue weighted by molar-refractivity contribution is 7.89. The van der Waals surface area contributed by atoms with E-state index in [1.165, 1.54) is 18.6 Å². The van der Waals surface area contributed by atoms with Gasteiger partial charge in [0.1, 0.15) is 9.77 Å². The summed E-state index contributed by atoms with van der Waals surface area (Å²) >= 11 is 1.02. The maximum atomic E-state index is 12.6. The molecule has 0 bridgehead atoms. The van der Waals surface area contributed by atoms with Gasteiger partial charge in [-0.1, -0.05) is 6.07 Å². The zero-order chi connectivity index (χ0) is 18.6. The summed E-state index contributed by atoms with van der Waals surface area (Å²) in [6.45, 7) is 0.0247. The number of nitrogens with zero attached hydrogens (tertiary/aromatic N) is 2. The highest BCUT2D eigenvalue weighted by atomic mass is 32.2. The lowest BCUT2D eigenvalue weighted by atomic mass is 10.1. The smallest absolute Gasteiger partial charge is 0.349 e. The second-order valence-corrected chi connectivity index (χ2v) is 7.83. The SMILES string of the molecule is COC(=O)c1sccc1S(=O)(=O)NCc1cccnc1-c1cccnc1.